The molecule has 0 bridgehead atoms. The highest BCUT2D eigenvalue weighted by Crippen LogP contribution is 2.53. The highest BCUT2D eigenvalue weighted by molar-refractivity contribution is 5.05. The van der Waals surface area contributed by atoms with E-state index in [1.54, 1.807) is 0 Å². The molecule has 1 spiro atoms. The Kier molecular flexibility index (Phi) is 1.37. The predicted octanol–water partition coefficient (Wildman–Crippen LogP) is 0.853. The molecule has 68 valence electrons. The van der Waals surface area contributed by atoms with Crippen LogP contribution in [0, 0.1) is 11.3 Å². The van der Waals surface area contributed by atoms with Gasteiger partial charge in [-0.05, 0) is 37.0 Å². The van der Waals surface area contributed by atoms with Crippen molar-refractivity contribution in [2.45, 2.75) is 31.8 Å². The Balaban J connectivity index is 1.41. The second kappa shape index (κ2) is 2.24. The average Bonchev–Trinajstić information content (AvgIpc) is 2.62. The summed E-state index contributed by atoms with van der Waals surface area (Å²) in [6.45, 7) is 3.98. The fourth-order valence-corrected chi connectivity index (χ4v) is 2.74. The van der Waals surface area contributed by atoms with Gasteiger partial charge in [0.2, 0.25) is 0 Å². The third kappa shape index (κ3) is 1.09. The van der Waals surface area contributed by atoms with E-state index in [-0.39, 0.29) is 6.10 Å². The van der Waals surface area contributed by atoms with Crippen LogP contribution in [0.1, 0.15) is 25.7 Å². The van der Waals surface area contributed by atoms with Crippen LogP contribution < -0.4 is 0 Å². The van der Waals surface area contributed by atoms with E-state index in [9.17, 15) is 0 Å². The van der Waals surface area contributed by atoms with Gasteiger partial charge in [0.1, 0.15) is 0 Å². The molecule has 0 aromatic rings. The Morgan fingerprint density at radius 1 is 1.25 bits per heavy atom. The average molecular weight is 167 g/mol. The van der Waals surface area contributed by atoms with E-state index >= 15 is 0 Å². The van der Waals surface area contributed by atoms with E-state index in [0.29, 0.717) is 0 Å². The molecule has 1 N–H and O–H groups in total. The smallest absolute Gasteiger partial charge is 0.0546 e. The first-order valence-corrected chi connectivity index (χ1v) is 5.16. The van der Waals surface area contributed by atoms with Gasteiger partial charge in [0.05, 0.1) is 6.10 Å². The third-order valence-electron chi connectivity index (χ3n) is 3.80. The minimum Gasteiger partial charge on any atom is -0.393 e. The summed E-state index contributed by atoms with van der Waals surface area (Å²) in [5.74, 6) is 0.816. The second-order valence-corrected chi connectivity index (χ2v) is 5.16. The van der Waals surface area contributed by atoms with Crippen molar-refractivity contribution in [2.24, 2.45) is 11.3 Å². The van der Waals surface area contributed by atoms with E-state index in [1.807, 2.05) is 0 Å². The van der Waals surface area contributed by atoms with Crippen LogP contribution in [0.15, 0.2) is 0 Å². The number of hydrogen-bond donors (Lipinski definition) is 1. The van der Waals surface area contributed by atoms with Crippen molar-refractivity contribution in [1.29, 1.82) is 0 Å². The number of likely N-dealkylation sites (tertiary alicyclic amines) is 1. The maximum atomic E-state index is 9.12. The van der Waals surface area contributed by atoms with Gasteiger partial charge in [-0.25, -0.2) is 0 Å². The largest absolute Gasteiger partial charge is 0.393 e. The molecular weight excluding hydrogens is 150 g/mol. The van der Waals surface area contributed by atoms with Gasteiger partial charge in [-0.1, -0.05) is 0 Å². The summed E-state index contributed by atoms with van der Waals surface area (Å²) in [5.41, 5.74) is 0.808. The summed E-state index contributed by atoms with van der Waals surface area (Å²) in [6.07, 6.45) is 5.12. The molecule has 2 aliphatic carbocycles. The summed E-state index contributed by atoms with van der Waals surface area (Å²) in [6, 6.07) is 0. The molecule has 12 heavy (non-hydrogen) atoms. The SMILES string of the molecule is OC1CC(CN2CC3(CC3)C2)C1. The molecule has 2 nitrogen and oxygen atoms in total. The van der Waals surface area contributed by atoms with Crippen LogP contribution in [0.2, 0.25) is 0 Å². The maximum Gasteiger partial charge on any atom is 0.0546 e. The predicted molar refractivity (Wildman–Crippen MR) is 46.8 cm³/mol. The molecule has 0 aromatic heterocycles. The van der Waals surface area contributed by atoms with E-state index < -0.39 is 0 Å². The zero-order chi connectivity index (χ0) is 8.18. The summed E-state index contributed by atoms with van der Waals surface area (Å²) in [4.78, 5) is 2.57. The first kappa shape index (κ1) is 7.34. The van der Waals surface area contributed by atoms with Gasteiger partial charge in [-0.3, -0.25) is 0 Å². The van der Waals surface area contributed by atoms with Crippen molar-refractivity contribution in [2.75, 3.05) is 19.6 Å². The van der Waals surface area contributed by atoms with Gasteiger partial charge >= 0.3 is 0 Å². The Labute approximate surface area is 73.6 Å². The van der Waals surface area contributed by atoms with Gasteiger partial charge in [0.15, 0.2) is 0 Å². The van der Waals surface area contributed by atoms with Crippen LogP contribution in [0.4, 0.5) is 0 Å². The van der Waals surface area contributed by atoms with Crippen LogP contribution in [-0.4, -0.2) is 35.7 Å². The zero-order valence-corrected chi connectivity index (χ0v) is 7.50. The van der Waals surface area contributed by atoms with E-state index in [2.05, 4.69) is 4.90 Å². The molecule has 2 heteroatoms. The Morgan fingerprint density at radius 2 is 1.92 bits per heavy atom. The van der Waals surface area contributed by atoms with Gasteiger partial charge in [0.25, 0.3) is 0 Å². The Morgan fingerprint density at radius 3 is 2.42 bits per heavy atom. The molecule has 1 saturated heterocycles. The highest BCUT2D eigenvalue weighted by atomic mass is 16.3. The van der Waals surface area contributed by atoms with Crippen molar-refractivity contribution in [3.05, 3.63) is 0 Å². The molecule has 3 fully saturated rings. The fraction of sp³-hybridized carbons (Fsp3) is 1.00. The molecular formula is C10H17NO. The number of hydrogen-bond acceptors (Lipinski definition) is 2. The lowest BCUT2D eigenvalue weighted by Gasteiger charge is -2.44. The quantitative estimate of drug-likeness (QED) is 0.659. The molecule has 2 saturated carbocycles. The van der Waals surface area contributed by atoms with Crippen molar-refractivity contribution in [3.63, 3.8) is 0 Å². The molecule has 0 radical (unpaired) electrons. The summed E-state index contributed by atoms with van der Waals surface area (Å²) >= 11 is 0. The lowest BCUT2D eigenvalue weighted by Crippen LogP contribution is -2.52. The number of rotatable bonds is 2. The lowest BCUT2D eigenvalue weighted by molar-refractivity contribution is -0.00744. The fourth-order valence-electron chi connectivity index (χ4n) is 2.74. The van der Waals surface area contributed by atoms with Crippen LogP contribution >= 0.6 is 0 Å². The summed E-state index contributed by atoms with van der Waals surface area (Å²) in [7, 11) is 0. The molecule has 3 rings (SSSR count). The topological polar surface area (TPSA) is 23.5 Å². The molecule has 0 aromatic carbocycles. The molecule has 1 heterocycles. The Hall–Kier alpha value is -0.0800. The van der Waals surface area contributed by atoms with Crippen molar-refractivity contribution in [3.8, 4) is 0 Å². The first-order chi connectivity index (χ1) is 5.76. The van der Waals surface area contributed by atoms with E-state index in [1.165, 1.54) is 32.5 Å². The van der Waals surface area contributed by atoms with Gasteiger partial charge in [-0.2, -0.15) is 0 Å². The van der Waals surface area contributed by atoms with Crippen LogP contribution in [-0.2, 0) is 0 Å². The highest BCUT2D eigenvalue weighted by Gasteiger charge is 2.52. The molecule has 3 aliphatic rings. The number of nitrogens with zero attached hydrogens (tertiary/aromatic N) is 1. The minimum absolute atomic E-state index is 0.0335. The summed E-state index contributed by atoms with van der Waals surface area (Å²) < 4.78 is 0. The second-order valence-electron chi connectivity index (χ2n) is 5.16. The van der Waals surface area contributed by atoms with Crippen molar-refractivity contribution >= 4 is 0 Å². The van der Waals surface area contributed by atoms with Crippen molar-refractivity contribution < 1.29 is 5.11 Å². The molecule has 1 aliphatic heterocycles. The monoisotopic (exact) mass is 167 g/mol. The van der Waals surface area contributed by atoms with Crippen LogP contribution in [0.5, 0.6) is 0 Å². The van der Waals surface area contributed by atoms with Gasteiger partial charge in [0, 0.05) is 19.6 Å². The Bertz CT molecular complexity index is 186. The first-order valence-electron chi connectivity index (χ1n) is 5.16. The molecule has 0 unspecified atom stereocenters. The van der Waals surface area contributed by atoms with Gasteiger partial charge < -0.3 is 10.0 Å². The maximum absolute atomic E-state index is 9.12. The minimum atomic E-state index is 0.0335. The van der Waals surface area contributed by atoms with Crippen LogP contribution in [0.25, 0.3) is 0 Å². The number of aliphatic hydroxyl groups excluding tert-OH is 1. The summed E-state index contributed by atoms with van der Waals surface area (Å²) in [5, 5.41) is 9.12. The third-order valence-corrected chi connectivity index (χ3v) is 3.80. The zero-order valence-electron chi connectivity index (χ0n) is 7.50. The van der Waals surface area contributed by atoms with E-state index in [4.69, 9.17) is 5.11 Å². The van der Waals surface area contributed by atoms with E-state index in [0.717, 1.165) is 24.2 Å². The van der Waals surface area contributed by atoms with Gasteiger partial charge in [-0.15, -0.1) is 0 Å². The normalized spacial score (nSPS) is 43.8. The molecule has 0 amide bonds. The van der Waals surface area contributed by atoms with Crippen LogP contribution in [0.3, 0.4) is 0 Å². The van der Waals surface area contributed by atoms with Crippen molar-refractivity contribution in [1.82, 2.24) is 4.90 Å². The standard InChI is InChI=1S/C10H17NO/c12-9-3-8(4-9)5-11-6-10(7-11)1-2-10/h8-9,12H,1-7H2. The lowest BCUT2D eigenvalue weighted by atomic mass is 9.81. The number of aliphatic hydroxyl groups is 1. The molecule has 0 atom stereocenters.